The standard InChI is InChI=1S/C20H24N2O2S/c1-13-19(15-9-11-22(13)12-10-15)21-20(23)18-8-7-17(25-18)14-3-5-16(24-2)6-4-14/h3-8,13,15,19H,9-12H2,1-2H3,(H,21,23). The van der Waals surface area contributed by atoms with Gasteiger partial charge in [0.1, 0.15) is 5.75 Å². The molecule has 2 atom stereocenters. The van der Waals surface area contributed by atoms with E-state index in [0.717, 1.165) is 21.1 Å². The Hall–Kier alpha value is -1.85. The van der Waals surface area contributed by atoms with Gasteiger partial charge in [-0.25, -0.2) is 0 Å². The number of benzene rings is 1. The number of amides is 1. The van der Waals surface area contributed by atoms with Crippen LogP contribution < -0.4 is 10.1 Å². The second-order valence-corrected chi connectivity index (χ2v) is 8.09. The van der Waals surface area contributed by atoms with Crippen LogP contribution in [-0.4, -0.2) is 43.1 Å². The van der Waals surface area contributed by atoms with Crippen molar-refractivity contribution in [3.63, 3.8) is 0 Å². The highest BCUT2D eigenvalue weighted by atomic mass is 32.1. The maximum Gasteiger partial charge on any atom is 0.261 e. The molecule has 5 heteroatoms. The number of nitrogens with one attached hydrogen (secondary N) is 1. The quantitative estimate of drug-likeness (QED) is 0.909. The first kappa shape index (κ1) is 16.6. The van der Waals surface area contributed by atoms with Gasteiger partial charge in [-0.05, 0) is 80.7 Å². The summed E-state index contributed by atoms with van der Waals surface area (Å²) in [4.78, 5) is 17.1. The van der Waals surface area contributed by atoms with Crippen LogP contribution in [0.1, 0.15) is 29.4 Å². The summed E-state index contributed by atoms with van der Waals surface area (Å²) in [6.07, 6.45) is 2.41. The molecule has 1 aromatic carbocycles. The second kappa shape index (κ2) is 6.81. The number of methoxy groups -OCH3 is 1. The maximum absolute atomic E-state index is 12.7. The van der Waals surface area contributed by atoms with E-state index in [2.05, 4.69) is 17.1 Å². The van der Waals surface area contributed by atoms with Crippen LogP contribution in [0.5, 0.6) is 5.75 Å². The summed E-state index contributed by atoms with van der Waals surface area (Å²) in [7, 11) is 1.66. The summed E-state index contributed by atoms with van der Waals surface area (Å²) in [6, 6.07) is 12.6. The fraction of sp³-hybridized carbons (Fsp3) is 0.450. The van der Waals surface area contributed by atoms with Gasteiger partial charge in [-0.1, -0.05) is 0 Å². The molecule has 4 nitrogen and oxygen atoms in total. The predicted octanol–water partition coefficient (Wildman–Crippen LogP) is 3.64. The third-order valence-electron chi connectivity index (χ3n) is 5.68. The van der Waals surface area contributed by atoms with Crippen molar-refractivity contribution in [2.75, 3.05) is 20.2 Å². The minimum absolute atomic E-state index is 0.0651. The van der Waals surface area contributed by atoms with E-state index in [1.54, 1.807) is 18.4 Å². The Labute approximate surface area is 152 Å². The van der Waals surface area contributed by atoms with E-state index in [0.29, 0.717) is 12.0 Å². The van der Waals surface area contributed by atoms with Crippen LogP contribution in [0.4, 0.5) is 0 Å². The minimum atomic E-state index is 0.0651. The molecule has 0 aliphatic carbocycles. The number of ether oxygens (including phenoxy) is 1. The summed E-state index contributed by atoms with van der Waals surface area (Å²) in [6.45, 7) is 4.60. The monoisotopic (exact) mass is 356 g/mol. The molecule has 1 aromatic heterocycles. The molecule has 0 spiro atoms. The lowest BCUT2D eigenvalue weighted by Crippen LogP contribution is -2.62. The molecule has 5 rings (SSSR count). The average Bonchev–Trinajstić information content (AvgIpc) is 3.15. The van der Waals surface area contributed by atoms with Gasteiger partial charge in [0.2, 0.25) is 0 Å². The molecule has 2 unspecified atom stereocenters. The molecule has 3 fully saturated rings. The largest absolute Gasteiger partial charge is 0.497 e. The van der Waals surface area contributed by atoms with Crippen LogP contribution in [0, 0.1) is 5.92 Å². The number of rotatable bonds is 4. The van der Waals surface area contributed by atoms with Crippen LogP contribution >= 0.6 is 11.3 Å². The molecular formula is C20H24N2O2S. The molecule has 1 amide bonds. The summed E-state index contributed by atoms with van der Waals surface area (Å²) in [5, 5.41) is 3.31. The molecule has 4 heterocycles. The second-order valence-electron chi connectivity index (χ2n) is 7.01. The lowest BCUT2D eigenvalue weighted by atomic mass is 9.79. The van der Waals surface area contributed by atoms with E-state index in [4.69, 9.17) is 4.74 Å². The van der Waals surface area contributed by atoms with Gasteiger partial charge in [-0.15, -0.1) is 11.3 Å². The summed E-state index contributed by atoms with van der Waals surface area (Å²) >= 11 is 1.55. The molecule has 0 saturated carbocycles. The van der Waals surface area contributed by atoms with Gasteiger partial charge < -0.3 is 10.1 Å². The molecule has 0 radical (unpaired) electrons. The minimum Gasteiger partial charge on any atom is -0.497 e. The van der Waals surface area contributed by atoms with E-state index in [-0.39, 0.29) is 11.9 Å². The molecular weight excluding hydrogens is 332 g/mol. The summed E-state index contributed by atoms with van der Waals surface area (Å²) in [5.74, 6) is 1.54. The van der Waals surface area contributed by atoms with Gasteiger partial charge in [0.05, 0.1) is 12.0 Å². The normalized spacial score (nSPS) is 27.9. The number of carbonyl (C=O) groups is 1. The Morgan fingerprint density at radius 2 is 1.88 bits per heavy atom. The maximum atomic E-state index is 12.7. The van der Waals surface area contributed by atoms with Gasteiger partial charge in [0.15, 0.2) is 0 Å². The van der Waals surface area contributed by atoms with Crippen molar-refractivity contribution in [3.05, 3.63) is 41.3 Å². The zero-order valence-electron chi connectivity index (χ0n) is 14.7. The number of nitrogens with zero attached hydrogens (tertiary/aromatic N) is 1. The number of piperidine rings is 3. The Morgan fingerprint density at radius 3 is 2.52 bits per heavy atom. The van der Waals surface area contributed by atoms with E-state index in [1.165, 1.54) is 25.9 Å². The van der Waals surface area contributed by atoms with E-state index in [9.17, 15) is 4.79 Å². The van der Waals surface area contributed by atoms with Crippen LogP contribution in [0.3, 0.4) is 0 Å². The molecule has 3 aliphatic rings. The Morgan fingerprint density at radius 1 is 1.16 bits per heavy atom. The highest BCUT2D eigenvalue weighted by molar-refractivity contribution is 7.17. The Kier molecular flexibility index (Phi) is 4.52. The SMILES string of the molecule is COc1ccc(-c2ccc(C(=O)NC3C4CCN(CC4)C3C)s2)cc1. The number of hydrogen-bond donors (Lipinski definition) is 1. The fourth-order valence-corrected chi connectivity index (χ4v) is 5.05. The van der Waals surface area contributed by atoms with E-state index in [1.807, 2.05) is 36.4 Å². The first-order chi connectivity index (χ1) is 12.2. The van der Waals surface area contributed by atoms with Crippen molar-refractivity contribution in [2.45, 2.75) is 31.8 Å². The van der Waals surface area contributed by atoms with E-state index >= 15 is 0 Å². The molecule has 25 heavy (non-hydrogen) atoms. The van der Waals surface area contributed by atoms with Crippen molar-refractivity contribution in [3.8, 4) is 16.2 Å². The zero-order chi connectivity index (χ0) is 17.4. The average molecular weight is 356 g/mol. The van der Waals surface area contributed by atoms with Crippen LogP contribution in [0.15, 0.2) is 36.4 Å². The van der Waals surface area contributed by atoms with Crippen molar-refractivity contribution < 1.29 is 9.53 Å². The Bertz CT molecular complexity index is 745. The van der Waals surface area contributed by atoms with Gasteiger partial charge in [-0.2, -0.15) is 0 Å². The highest BCUT2D eigenvalue weighted by Crippen LogP contribution is 2.33. The lowest BCUT2D eigenvalue weighted by Gasteiger charge is -2.49. The molecule has 1 N–H and O–H groups in total. The number of hydrogen-bond acceptors (Lipinski definition) is 4. The van der Waals surface area contributed by atoms with Crippen LogP contribution in [0.2, 0.25) is 0 Å². The zero-order valence-corrected chi connectivity index (χ0v) is 15.5. The van der Waals surface area contributed by atoms with Gasteiger partial charge in [0, 0.05) is 17.0 Å². The first-order valence-electron chi connectivity index (χ1n) is 8.95. The smallest absolute Gasteiger partial charge is 0.261 e. The summed E-state index contributed by atoms with van der Waals surface area (Å²) < 4.78 is 5.20. The number of thiophene rings is 1. The third kappa shape index (κ3) is 3.18. The fourth-order valence-electron chi connectivity index (χ4n) is 4.14. The van der Waals surface area contributed by atoms with Gasteiger partial charge in [-0.3, -0.25) is 9.69 Å². The lowest BCUT2D eigenvalue weighted by molar-refractivity contribution is 0.0218. The van der Waals surface area contributed by atoms with E-state index < -0.39 is 0 Å². The first-order valence-corrected chi connectivity index (χ1v) is 9.76. The van der Waals surface area contributed by atoms with Crippen LogP contribution in [0.25, 0.3) is 10.4 Å². The summed E-state index contributed by atoms with van der Waals surface area (Å²) in [5.41, 5.74) is 1.11. The van der Waals surface area contributed by atoms with Crippen molar-refractivity contribution >= 4 is 17.2 Å². The molecule has 3 aliphatic heterocycles. The van der Waals surface area contributed by atoms with Crippen molar-refractivity contribution in [1.82, 2.24) is 10.2 Å². The molecule has 132 valence electrons. The van der Waals surface area contributed by atoms with Crippen molar-refractivity contribution in [2.24, 2.45) is 5.92 Å². The van der Waals surface area contributed by atoms with Crippen LogP contribution in [-0.2, 0) is 0 Å². The molecule has 2 bridgehead atoms. The highest BCUT2D eigenvalue weighted by Gasteiger charge is 2.40. The van der Waals surface area contributed by atoms with Crippen molar-refractivity contribution in [1.29, 1.82) is 0 Å². The molecule has 2 aromatic rings. The molecule has 3 saturated heterocycles. The topological polar surface area (TPSA) is 41.6 Å². The third-order valence-corrected chi connectivity index (χ3v) is 6.81. The van der Waals surface area contributed by atoms with Gasteiger partial charge >= 0.3 is 0 Å². The predicted molar refractivity (Wildman–Crippen MR) is 101 cm³/mol. The number of fused-ring (bicyclic) bond motifs is 3. The number of carbonyl (C=O) groups excluding carboxylic acids is 1. The van der Waals surface area contributed by atoms with Gasteiger partial charge in [0.25, 0.3) is 5.91 Å². The Balaban J connectivity index is 1.47.